The Morgan fingerprint density at radius 3 is 2.29 bits per heavy atom. The second-order valence-electron chi connectivity index (χ2n) is 6.47. The highest BCUT2D eigenvalue weighted by molar-refractivity contribution is 5.43. The zero-order valence-corrected chi connectivity index (χ0v) is 13.5. The predicted octanol–water partition coefficient (Wildman–Crippen LogP) is 4.38. The highest BCUT2D eigenvalue weighted by Crippen LogP contribution is 2.33. The van der Waals surface area contributed by atoms with Gasteiger partial charge in [0.15, 0.2) is 0 Å². The maximum atomic E-state index is 10.8. The molecule has 112 valence electrons. The van der Waals surface area contributed by atoms with E-state index in [1.54, 1.807) is 7.11 Å². The van der Waals surface area contributed by atoms with Gasteiger partial charge in [0.2, 0.25) is 0 Å². The predicted molar refractivity (Wildman–Crippen MR) is 86.9 cm³/mol. The van der Waals surface area contributed by atoms with E-state index >= 15 is 0 Å². The van der Waals surface area contributed by atoms with Crippen molar-refractivity contribution in [2.75, 3.05) is 7.11 Å². The SMILES string of the molecule is COc1ccc(C(O)c2ccccc2C(C)(C)C)cc1C. The molecule has 0 radical (unpaired) electrons. The zero-order chi connectivity index (χ0) is 15.6. The van der Waals surface area contributed by atoms with Gasteiger partial charge in [0.1, 0.15) is 11.9 Å². The summed E-state index contributed by atoms with van der Waals surface area (Å²) in [5, 5.41) is 10.8. The van der Waals surface area contributed by atoms with Crippen LogP contribution in [0.4, 0.5) is 0 Å². The van der Waals surface area contributed by atoms with E-state index < -0.39 is 6.10 Å². The summed E-state index contributed by atoms with van der Waals surface area (Å²) >= 11 is 0. The van der Waals surface area contributed by atoms with Gasteiger partial charge < -0.3 is 9.84 Å². The van der Waals surface area contributed by atoms with Crippen LogP contribution in [0, 0.1) is 6.92 Å². The van der Waals surface area contributed by atoms with Gasteiger partial charge in [-0.25, -0.2) is 0 Å². The van der Waals surface area contributed by atoms with Gasteiger partial charge in [-0.15, -0.1) is 0 Å². The van der Waals surface area contributed by atoms with E-state index in [1.165, 1.54) is 5.56 Å². The fraction of sp³-hybridized carbons (Fsp3) is 0.368. The summed E-state index contributed by atoms with van der Waals surface area (Å²) < 4.78 is 5.28. The summed E-state index contributed by atoms with van der Waals surface area (Å²) in [4.78, 5) is 0. The van der Waals surface area contributed by atoms with Crippen molar-refractivity contribution >= 4 is 0 Å². The molecule has 2 aromatic carbocycles. The zero-order valence-electron chi connectivity index (χ0n) is 13.5. The third kappa shape index (κ3) is 3.27. The number of aryl methyl sites for hydroxylation is 1. The fourth-order valence-corrected chi connectivity index (χ4v) is 2.67. The summed E-state index contributed by atoms with van der Waals surface area (Å²) in [6, 6.07) is 13.9. The van der Waals surface area contributed by atoms with Crippen molar-refractivity contribution in [1.29, 1.82) is 0 Å². The molecule has 0 bridgehead atoms. The molecule has 0 aromatic heterocycles. The minimum absolute atomic E-state index is 0.000904. The molecular weight excluding hydrogens is 260 g/mol. The van der Waals surface area contributed by atoms with E-state index in [4.69, 9.17) is 4.74 Å². The van der Waals surface area contributed by atoms with Crippen molar-refractivity contribution in [3.63, 3.8) is 0 Å². The van der Waals surface area contributed by atoms with Gasteiger partial charge >= 0.3 is 0 Å². The Labute approximate surface area is 127 Å². The van der Waals surface area contributed by atoms with Gasteiger partial charge in [-0.1, -0.05) is 51.1 Å². The second-order valence-corrected chi connectivity index (χ2v) is 6.47. The van der Waals surface area contributed by atoms with E-state index in [1.807, 2.05) is 43.3 Å². The Morgan fingerprint density at radius 2 is 1.71 bits per heavy atom. The Morgan fingerprint density at radius 1 is 1.05 bits per heavy atom. The van der Waals surface area contributed by atoms with Crippen LogP contribution in [0.5, 0.6) is 5.75 Å². The van der Waals surface area contributed by atoms with Crippen LogP contribution in [-0.2, 0) is 5.41 Å². The van der Waals surface area contributed by atoms with Crippen LogP contribution in [-0.4, -0.2) is 12.2 Å². The lowest BCUT2D eigenvalue weighted by molar-refractivity contribution is 0.217. The Balaban J connectivity index is 2.45. The summed E-state index contributed by atoms with van der Waals surface area (Å²) in [5.41, 5.74) is 4.06. The van der Waals surface area contributed by atoms with Crippen molar-refractivity contribution in [2.24, 2.45) is 0 Å². The maximum absolute atomic E-state index is 10.8. The first-order valence-electron chi connectivity index (χ1n) is 7.26. The molecule has 2 rings (SSSR count). The molecule has 0 aliphatic carbocycles. The minimum Gasteiger partial charge on any atom is -0.496 e. The number of ether oxygens (including phenoxy) is 1. The fourth-order valence-electron chi connectivity index (χ4n) is 2.67. The minimum atomic E-state index is -0.620. The molecule has 1 atom stereocenters. The summed E-state index contributed by atoms with van der Waals surface area (Å²) in [7, 11) is 1.66. The van der Waals surface area contributed by atoms with Crippen LogP contribution >= 0.6 is 0 Å². The number of aliphatic hydroxyl groups is 1. The monoisotopic (exact) mass is 284 g/mol. The molecule has 1 N–H and O–H groups in total. The van der Waals surface area contributed by atoms with Crippen LogP contribution in [0.15, 0.2) is 42.5 Å². The number of benzene rings is 2. The molecular formula is C19H24O2. The Bertz CT molecular complexity index is 624. The van der Waals surface area contributed by atoms with Crippen molar-refractivity contribution in [2.45, 2.75) is 39.2 Å². The highest BCUT2D eigenvalue weighted by Gasteiger charge is 2.22. The van der Waals surface area contributed by atoms with E-state index in [2.05, 4.69) is 26.8 Å². The van der Waals surface area contributed by atoms with Gasteiger partial charge in [0.25, 0.3) is 0 Å². The Kier molecular flexibility index (Phi) is 4.38. The lowest BCUT2D eigenvalue weighted by Crippen LogP contribution is -2.16. The van der Waals surface area contributed by atoms with Gasteiger partial charge in [0, 0.05) is 0 Å². The molecule has 21 heavy (non-hydrogen) atoms. The first-order chi connectivity index (χ1) is 9.84. The molecule has 0 amide bonds. The smallest absolute Gasteiger partial charge is 0.121 e. The maximum Gasteiger partial charge on any atom is 0.121 e. The van der Waals surface area contributed by atoms with Crippen LogP contribution in [0.25, 0.3) is 0 Å². The molecule has 0 heterocycles. The largest absolute Gasteiger partial charge is 0.496 e. The first-order valence-corrected chi connectivity index (χ1v) is 7.26. The van der Waals surface area contributed by atoms with E-state index in [0.717, 1.165) is 22.4 Å². The number of rotatable bonds is 3. The standard InChI is InChI=1S/C19H24O2/c1-13-12-14(10-11-17(13)21-5)18(20)15-8-6-7-9-16(15)19(2,3)4/h6-12,18,20H,1-5H3. The molecule has 0 fully saturated rings. The summed E-state index contributed by atoms with van der Waals surface area (Å²) in [6.45, 7) is 8.48. The van der Waals surface area contributed by atoms with Crippen LogP contribution in [0.1, 0.15) is 49.1 Å². The van der Waals surface area contributed by atoms with Crippen molar-refractivity contribution in [1.82, 2.24) is 0 Å². The van der Waals surface area contributed by atoms with Crippen LogP contribution in [0.2, 0.25) is 0 Å². The molecule has 2 nitrogen and oxygen atoms in total. The number of hydrogen-bond acceptors (Lipinski definition) is 2. The van der Waals surface area contributed by atoms with Gasteiger partial charge in [-0.3, -0.25) is 0 Å². The third-order valence-corrected chi connectivity index (χ3v) is 3.80. The quantitative estimate of drug-likeness (QED) is 0.906. The van der Waals surface area contributed by atoms with Crippen LogP contribution in [0.3, 0.4) is 0 Å². The molecule has 0 spiro atoms. The van der Waals surface area contributed by atoms with Gasteiger partial charge in [-0.05, 0) is 46.7 Å². The summed E-state index contributed by atoms with van der Waals surface area (Å²) in [6.07, 6.45) is -0.620. The number of methoxy groups -OCH3 is 1. The number of aliphatic hydroxyl groups excluding tert-OH is 1. The molecule has 0 aliphatic heterocycles. The highest BCUT2D eigenvalue weighted by atomic mass is 16.5. The lowest BCUT2D eigenvalue weighted by Gasteiger charge is -2.25. The van der Waals surface area contributed by atoms with Gasteiger partial charge in [0.05, 0.1) is 7.11 Å². The van der Waals surface area contributed by atoms with Crippen LogP contribution < -0.4 is 4.74 Å². The Hall–Kier alpha value is -1.80. The molecule has 0 saturated heterocycles. The van der Waals surface area contributed by atoms with Gasteiger partial charge in [-0.2, -0.15) is 0 Å². The third-order valence-electron chi connectivity index (χ3n) is 3.80. The van der Waals surface area contributed by atoms with E-state index in [0.29, 0.717) is 0 Å². The molecule has 0 saturated carbocycles. The number of hydrogen-bond donors (Lipinski definition) is 1. The van der Waals surface area contributed by atoms with Crippen molar-refractivity contribution in [3.8, 4) is 5.75 Å². The second kappa shape index (κ2) is 5.90. The average Bonchev–Trinajstić information content (AvgIpc) is 2.45. The molecule has 2 aromatic rings. The lowest BCUT2D eigenvalue weighted by atomic mass is 9.81. The average molecular weight is 284 g/mol. The first kappa shape index (κ1) is 15.6. The van der Waals surface area contributed by atoms with Crippen molar-refractivity contribution in [3.05, 3.63) is 64.7 Å². The van der Waals surface area contributed by atoms with E-state index in [-0.39, 0.29) is 5.41 Å². The molecule has 0 aliphatic rings. The van der Waals surface area contributed by atoms with Crippen molar-refractivity contribution < 1.29 is 9.84 Å². The molecule has 1 unspecified atom stereocenters. The summed E-state index contributed by atoms with van der Waals surface area (Å²) in [5.74, 6) is 0.843. The topological polar surface area (TPSA) is 29.5 Å². The molecule has 2 heteroatoms. The normalized spacial score (nSPS) is 13.0. The van der Waals surface area contributed by atoms with E-state index in [9.17, 15) is 5.11 Å².